The maximum absolute atomic E-state index is 11.7. The lowest BCUT2D eigenvalue weighted by molar-refractivity contribution is -0.116. The van der Waals surface area contributed by atoms with Crippen molar-refractivity contribution < 1.29 is 4.79 Å². The van der Waals surface area contributed by atoms with E-state index in [0.29, 0.717) is 23.7 Å². The largest absolute Gasteiger partial charge is 0.325 e. The van der Waals surface area contributed by atoms with Crippen LogP contribution in [0.5, 0.6) is 0 Å². The van der Waals surface area contributed by atoms with E-state index >= 15 is 0 Å². The predicted octanol–water partition coefficient (Wildman–Crippen LogP) is 3.04. The van der Waals surface area contributed by atoms with Gasteiger partial charge in [0.2, 0.25) is 5.91 Å². The number of benzene rings is 1. The monoisotopic (exact) mass is 323 g/mol. The highest BCUT2D eigenvalue weighted by molar-refractivity contribution is 9.10. The molecule has 5 heteroatoms. The van der Waals surface area contributed by atoms with Crippen LogP contribution in [0, 0.1) is 11.3 Å². The second-order valence-corrected chi connectivity index (χ2v) is 5.42. The van der Waals surface area contributed by atoms with Gasteiger partial charge in [0.15, 0.2) is 0 Å². The summed E-state index contributed by atoms with van der Waals surface area (Å²) >= 11 is 3.34. The molecule has 0 aliphatic carbocycles. The van der Waals surface area contributed by atoms with Crippen LogP contribution in [0.15, 0.2) is 22.7 Å². The Bertz CT molecular complexity index is 480. The van der Waals surface area contributed by atoms with E-state index in [4.69, 9.17) is 5.26 Å². The second-order valence-electron chi connectivity index (χ2n) is 4.57. The molecular weight excluding hydrogens is 306 g/mol. The van der Waals surface area contributed by atoms with E-state index < -0.39 is 0 Å². The highest BCUT2D eigenvalue weighted by Crippen LogP contribution is 2.23. The van der Waals surface area contributed by atoms with Crippen molar-refractivity contribution in [1.82, 2.24) is 5.32 Å². The van der Waals surface area contributed by atoms with E-state index in [1.165, 1.54) is 0 Å². The number of amides is 1. The third-order valence-electron chi connectivity index (χ3n) is 2.51. The number of hydrogen-bond acceptors (Lipinski definition) is 3. The average molecular weight is 324 g/mol. The van der Waals surface area contributed by atoms with Crippen molar-refractivity contribution >= 4 is 27.5 Å². The molecule has 0 radical (unpaired) electrons. The Morgan fingerprint density at radius 1 is 1.47 bits per heavy atom. The molecule has 1 rings (SSSR count). The van der Waals surface area contributed by atoms with Crippen molar-refractivity contribution in [3.63, 3.8) is 0 Å². The van der Waals surface area contributed by atoms with E-state index in [1.807, 2.05) is 6.07 Å². The molecule has 2 N–H and O–H groups in total. The molecule has 0 heterocycles. The fourth-order valence-corrected chi connectivity index (χ4v) is 2.02. The Hall–Kier alpha value is -1.38. The maximum atomic E-state index is 11.7. The smallest absolute Gasteiger partial charge is 0.224 e. The van der Waals surface area contributed by atoms with Crippen molar-refractivity contribution in [2.24, 2.45) is 0 Å². The highest BCUT2D eigenvalue weighted by atomic mass is 79.9. The minimum absolute atomic E-state index is 0.0176. The summed E-state index contributed by atoms with van der Waals surface area (Å²) in [7, 11) is 0. The molecule has 0 aromatic heterocycles. The van der Waals surface area contributed by atoms with Gasteiger partial charge in [0.25, 0.3) is 0 Å². The number of hydrogen-bond donors (Lipinski definition) is 2. The Kier molecular flexibility index (Phi) is 6.54. The first-order valence-electron chi connectivity index (χ1n) is 6.26. The van der Waals surface area contributed by atoms with Gasteiger partial charge in [-0.3, -0.25) is 4.79 Å². The molecule has 0 bridgehead atoms. The van der Waals surface area contributed by atoms with Crippen LogP contribution in [0.2, 0.25) is 0 Å². The number of halogens is 1. The fourth-order valence-electron chi connectivity index (χ4n) is 1.54. The zero-order chi connectivity index (χ0) is 14.3. The molecule has 102 valence electrons. The summed E-state index contributed by atoms with van der Waals surface area (Å²) in [5.74, 6) is -0.0176. The summed E-state index contributed by atoms with van der Waals surface area (Å²) in [6.07, 6.45) is 1.28. The Morgan fingerprint density at radius 2 is 2.21 bits per heavy atom. The van der Waals surface area contributed by atoms with Crippen LogP contribution in [-0.4, -0.2) is 18.5 Å². The summed E-state index contributed by atoms with van der Waals surface area (Å²) in [5, 5.41) is 14.9. The van der Waals surface area contributed by atoms with Gasteiger partial charge in [0.05, 0.1) is 17.3 Å². The van der Waals surface area contributed by atoms with E-state index in [9.17, 15) is 4.79 Å². The molecule has 4 nitrogen and oxygen atoms in total. The minimum Gasteiger partial charge on any atom is -0.325 e. The van der Waals surface area contributed by atoms with Crippen molar-refractivity contribution in [2.75, 3.05) is 11.9 Å². The van der Waals surface area contributed by atoms with Crippen LogP contribution >= 0.6 is 15.9 Å². The quantitative estimate of drug-likeness (QED) is 0.791. The van der Waals surface area contributed by atoms with Gasteiger partial charge in [-0.15, -0.1) is 0 Å². The Balaban J connectivity index is 2.42. The third-order valence-corrected chi connectivity index (χ3v) is 3.16. The van der Waals surface area contributed by atoms with E-state index in [1.54, 1.807) is 18.2 Å². The molecule has 0 spiro atoms. The molecule has 0 atom stereocenters. The van der Waals surface area contributed by atoms with E-state index in [0.717, 1.165) is 17.4 Å². The molecule has 0 aliphatic rings. The van der Waals surface area contributed by atoms with Crippen LogP contribution in [-0.2, 0) is 4.79 Å². The lowest BCUT2D eigenvalue weighted by atomic mass is 10.2. The number of nitrogens with zero attached hydrogens (tertiary/aromatic N) is 1. The molecule has 19 heavy (non-hydrogen) atoms. The van der Waals surface area contributed by atoms with Gasteiger partial charge in [-0.2, -0.15) is 5.26 Å². The zero-order valence-corrected chi connectivity index (χ0v) is 12.8. The molecule has 1 aromatic rings. The van der Waals surface area contributed by atoms with Crippen molar-refractivity contribution in [2.45, 2.75) is 32.7 Å². The number of anilines is 1. The first kappa shape index (κ1) is 15.7. The van der Waals surface area contributed by atoms with Crippen molar-refractivity contribution in [3.05, 3.63) is 28.2 Å². The second kappa shape index (κ2) is 7.93. The van der Waals surface area contributed by atoms with E-state index in [-0.39, 0.29) is 5.91 Å². The average Bonchev–Trinajstić information content (AvgIpc) is 2.37. The van der Waals surface area contributed by atoms with Gasteiger partial charge in [-0.25, -0.2) is 0 Å². The molecule has 0 saturated carbocycles. The normalized spacial score (nSPS) is 10.3. The fraction of sp³-hybridized carbons (Fsp3) is 0.429. The molecule has 0 aliphatic heterocycles. The van der Waals surface area contributed by atoms with Gasteiger partial charge in [0.1, 0.15) is 0 Å². The van der Waals surface area contributed by atoms with Crippen molar-refractivity contribution in [1.29, 1.82) is 5.26 Å². The summed E-state index contributed by atoms with van der Waals surface area (Å²) < 4.78 is 0.722. The lowest BCUT2D eigenvalue weighted by Crippen LogP contribution is -2.24. The molecule has 0 saturated heterocycles. The minimum atomic E-state index is -0.0176. The predicted molar refractivity (Wildman–Crippen MR) is 79.9 cm³/mol. The van der Waals surface area contributed by atoms with Crippen LogP contribution in [0.4, 0.5) is 5.69 Å². The molecule has 0 unspecified atom stereocenters. The van der Waals surface area contributed by atoms with Crippen LogP contribution in [0.3, 0.4) is 0 Å². The molecule has 1 amide bonds. The number of rotatable bonds is 6. The first-order valence-corrected chi connectivity index (χ1v) is 7.05. The zero-order valence-electron chi connectivity index (χ0n) is 11.2. The number of carbonyl (C=O) groups is 1. The summed E-state index contributed by atoms with van der Waals surface area (Å²) in [6, 6.07) is 7.59. The summed E-state index contributed by atoms with van der Waals surface area (Å²) in [6.45, 7) is 4.99. The van der Waals surface area contributed by atoms with Crippen LogP contribution < -0.4 is 10.6 Å². The van der Waals surface area contributed by atoms with Gasteiger partial charge >= 0.3 is 0 Å². The number of carbonyl (C=O) groups excluding carboxylic acids is 1. The van der Waals surface area contributed by atoms with Gasteiger partial charge < -0.3 is 10.6 Å². The van der Waals surface area contributed by atoms with Crippen LogP contribution in [0.25, 0.3) is 0 Å². The first-order chi connectivity index (χ1) is 9.02. The van der Waals surface area contributed by atoms with Gasteiger partial charge in [-0.05, 0) is 47.1 Å². The molecule has 0 fully saturated rings. The Morgan fingerprint density at radius 3 is 2.79 bits per heavy atom. The SMILES string of the molecule is CC(C)NCCCC(=O)Nc1ccc(C#N)cc1Br. The maximum Gasteiger partial charge on any atom is 0.224 e. The molecular formula is C14H18BrN3O. The van der Waals surface area contributed by atoms with Gasteiger partial charge in [-0.1, -0.05) is 13.8 Å². The summed E-state index contributed by atoms with van der Waals surface area (Å²) in [4.78, 5) is 11.7. The number of nitriles is 1. The number of nitrogens with one attached hydrogen (secondary N) is 2. The highest BCUT2D eigenvalue weighted by Gasteiger charge is 2.06. The van der Waals surface area contributed by atoms with Crippen molar-refractivity contribution in [3.8, 4) is 6.07 Å². The molecule has 1 aromatic carbocycles. The van der Waals surface area contributed by atoms with Crippen LogP contribution in [0.1, 0.15) is 32.3 Å². The van der Waals surface area contributed by atoms with E-state index in [2.05, 4.69) is 40.4 Å². The lowest BCUT2D eigenvalue weighted by Gasteiger charge is -2.09. The third kappa shape index (κ3) is 5.86. The Labute approximate surface area is 122 Å². The van der Waals surface area contributed by atoms with Gasteiger partial charge in [0, 0.05) is 16.9 Å². The summed E-state index contributed by atoms with van der Waals surface area (Å²) in [5.41, 5.74) is 1.26. The standard InChI is InChI=1S/C14H18BrN3O/c1-10(2)17-7-3-4-14(19)18-13-6-5-11(9-16)8-12(13)15/h5-6,8,10,17H,3-4,7H2,1-2H3,(H,18,19). The topological polar surface area (TPSA) is 64.9 Å².